The third-order valence-corrected chi connectivity index (χ3v) is 5.90. The smallest absolute Gasteiger partial charge is 0.220 e. The normalized spacial score (nSPS) is 26.1. The first kappa shape index (κ1) is 16.7. The van der Waals surface area contributed by atoms with Crippen molar-refractivity contribution in [3.8, 4) is 5.75 Å². The number of hydrogen-bond acceptors (Lipinski definition) is 4. The quantitative estimate of drug-likeness (QED) is 0.709. The van der Waals surface area contributed by atoms with Gasteiger partial charge in [0, 0.05) is 35.9 Å². The number of ether oxygens (including phenoxy) is 1. The van der Waals surface area contributed by atoms with Crippen LogP contribution in [0.25, 0.3) is 0 Å². The molecule has 3 aliphatic rings. The van der Waals surface area contributed by atoms with Crippen LogP contribution in [0.3, 0.4) is 0 Å². The van der Waals surface area contributed by atoms with Crippen molar-refractivity contribution in [3.05, 3.63) is 76.0 Å². The number of halogens is 1. The number of nitrogens with zero attached hydrogens (tertiary/aromatic N) is 2. The zero-order valence-corrected chi connectivity index (χ0v) is 15.9. The highest BCUT2D eigenvalue weighted by molar-refractivity contribution is 6.30. The second-order valence-electron chi connectivity index (χ2n) is 7.60. The van der Waals surface area contributed by atoms with Gasteiger partial charge in [-0.05, 0) is 37.1 Å². The molecule has 0 saturated heterocycles. The molecule has 0 unspecified atom stereocenters. The van der Waals surface area contributed by atoms with Crippen LogP contribution in [-0.2, 0) is 0 Å². The molecule has 138 valence electrons. The molecule has 0 bridgehead atoms. The summed E-state index contributed by atoms with van der Waals surface area (Å²) in [6, 6.07) is 14.3. The van der Waals surface area contributed by atoms with Crippen molar-refractivity contribution < 1.29 is 9.84 Å². The summed E-state index contributed by atoms with van der Waals surface area (Å²) >= 11 is 6.27. The van der Waals surface area contributed by atoms with Crippen LogP contribution in [0, 0.1) is 6.92 Å². The molecule has 0 saturated carbocycles. The predicted molar refractivity (Wildman–Crippen MR) is 106 cm³/mol. The van der Waals surface area contributed by atoms with E-state index >= 15 is 0 Å². The molecular formula is C22H21ClN2O2. The predicted octanol–water partition coefficient (Wildman–Crippen LogP) is 5.51. The Labute approximate surface area is 163 Å². The third-order valence-electron chi connectivity index (χ3n) is 5.66. The summed E-state index contributed by atoms with van der Waals surface area (Å²) in [5.41, 5.74) is 3.71. The second kappa shape index (κ2) is 6.03. The van der Waals surface area contributed by atoms with Crippen LogP contribution < -0.4 is 4.74 Å². The summed E-state index contributed by atoms with van der Waals surface area (Å²) in [7, 11) is 0. The van der Waals surface area contributed by atoms with Gasteiger partial charge in [0.2, 0.25) is 5.72 Å². The van der Waals surface area contributed by atoms with Gasteiger partial charge in [-0.25, -0.2) is 5.01 Å². The Balaban J connectivity index is 1.64. The lowest BCUT2D eigenvalue weighted by Crippen LogP contribution is -2.53. The van der Waals surface area contributed by atoms with Crippen molar-refractivity contribution in [2.75, 3.05) is 0 Å². The standard InChI is InChI=1S/C22H21ClN2O2/c1-14-4-6-15(7-5-14)19-12-20-18-11-16(23)8-9-21(18)27-22(25(20)24-19)10-2-3-17(26)13-22/h4-9,11,13,20,26H,2-3,10,12H2,1H3/t20-,22-/m1/s1. The zero-order chi connectivity index (χ0) is 18.6. The first-order valence-electron chi connectivity index (χ1n) is 9.37. The van der Waals surface area contributed by atoms with Crippen molar-refractivity contribution in [2.24, 2.45) is 5.10 Å². The van der Waals surface area contributed by atoms with Gasteiger partial charge in [0.15, 0.2) is 0 Å². The lowest BCUT2D eigenvalue weighted by atomic mass is 9.90. The summed E-state index contributed by atoms with van der Waals surface area (Å²) < 4.78 is 6.43. The molecule has 1 spiro atoms. The fourth-order valence-corrected chi connectivity index (χ4v) is 4.50. The van der Waals surface area contributed by atoms with Crippen molar-refractivity contribution in [3.63, 3.8) is 0 Å². The van der Waals surface area contributed by atoms with E-state index in [2.05, 4.69) is 31.2 Å². The number of rotatable bonds is 1. The number of allylic oxidation sites excluding steroid dienone is 1. The van der Waals surface area contributed by atoms with Crippen molar-refractivity contribution in [1.82, 2.24) is 5.01 Å². The number of fused-ring (bicyclic) bond motifs is 4. The molecule has 5 heteroatoms. The molecular weight excluding hydrogens is 360 g/mol. The maximum atomic E-state index is 10.2. The Kier molecular flexibility index (Phi) is 3.73. The van der Waals surface area contributed by atoms with Crippen LogP contribution in [0.4, 0.5) is 0 Å². The van der Waals surface area contributed by atoms with Crippen LogP contribution in [0.5, 0.6) is 5.75 Å². The Morgan fingerprint density at radius 1 is 1.22 bits per heavy atom. The highest BCUT2D eigenvalue weighted by Crippen LogP contribution is 2.50. The van der Waals surface area contributed by atoms with Crippen molar-refractivity contribution in [1.29, 1.82) is 0 Å². The van der Waals surface area contributed by atoms with E-state index in [0.717, 1.165) is 41.9 Å². The number of benzene rings is 2. The Morgan fingerprint density at radius 3 is 2.81 bits per heavy atom. The van der Waals surface area contributed by atoms with Gasteiger partial charge in [0.25, 0.3) is 0 Å². The van der Waals surface area contributed by atoms with E-state index in [-0.39, 0.29) is 6.04 Å². The Hall–Kier alpha value is -2.46. The minimum absolute atomic E-state index is 0.0471. The van der Waals surface area contributed by atoms with Gasteiger partial charge in [0.1, 0.15) is 5.75 Å². The molecule has 0 radical (unpaired) electrons. The highest BCUT2D eigenvalue weighted by atomic mass is 35.5. The number of aliphatic hydroxyl groups is 1. The lowest BCUT2D eigenvalue weighted by Gasteiger charge is -2.47. The number of aryl methyl sites for hydroxylation is 1. The lowest BCUT2D eigenvalue weighted by molar-refractivity contribution is -0.0944. The first-order chi connectivity index (χ1) is 13.0. The van der Waals surface area contributed by atoms with Gasteiger partial charge < -0.3 is 9.84 Å². The van der Waals surface area contributed by atoms with Gasteiger partial charge in [0.05, 0.1) is 17.5 Å². The molecule has 1 N–H and O–H groups in total. The van der Waals surface area contributed by atoms with E-state index in [1.54, 1.807) is 0 Å². The molecule has 2 aromatic rings. The van der Waals surface area contributed by atoms with Gasteiger partial charge in [-0.2, -0.15) is 5.10 Å². The van der Waals surface area contributed by atoms with E-state index in [0.29, 0.717) is 17.2 Å². The molecule has 2 heterocycles. The second-order valence-corrected chi connectivity index (χ2v) is 8.03. The molecule has 0 amide bonds. The van der Waals surface area contributed by atoms with E-state index in [1.807, 2.05) is 29.3 Å². The van der Waals surface area contributed by atoms with E-state index in [4.69, 9.17) is 21.4 Å². The maximum absolute atomic E-state index is 10.2. The Bertz CT molecular complexity index is 967. The van der Waals surface area contributed by atoms with Crippen LogP contribution in [0.15, 0.2) is 59.4 Å². The fraction of sp³-hybridized carbons (Fsp3) is 0.318. The summed E-state index contributed by atoms with van der Waals surface area (Å²) in [6.07, 6.45) is 4.97. The van der Waals surface area contributed by atoms with Gasteiger partial charge in [-0.1, -0.05) is 41.4 Å². The van der Waals surface area contributed by atoms with Crippen LogP contribution in [0.2, 0.25) is 5.02 Å². The van der Waals surface area contributed by atoms with Crippen LogP contribution in [0.1, 0.15) is 48.4 Å². The highest BCUT2D eigenvalue weighted by Gasteiger charge is 2.50. The molecule has 0 fully saturated rings. The molecule has 2 aliphatic heterocycles. The maximum Gasteiger partial charge on any atom is 0.220 e. The topological polar surface area (TPSA) is 45.1 Å². The first-order valence-corrected chi connectivity index (χ1v) is 9.75. The van der Waals surface area contributed by atoms with Gasteiger partial charge >= 0.3 is 0 Å². The van der Waals surface area contributed by atoms with E-state index in [1.165, 1.54) is 5.56 Å². The summed E-state index contributed by atoms with van der Waals surface area (Å²) in [4.78, 5) is 0. The third kappa shape index (κ3) is 2.71. The average Bonchev–Trinajstić information content (AvgIpc) is 3.10. The zero-order valence-electron chi connectivity index (χ0n) is 15.2. The molecule has 0 aromatic heterocycles. The molecule has 4 nitrogen and oxygen atoms in total. The van der Waals surface area contributed by atoms with E-state index in [9.17, 15) is 5.11 Å². The fourth-order valence-electron chi connectivity index (χ4n) is 4.32. The summed E-state index contributed by atoms with van der Waals surface area (Å²) in [5.74, 6) is 1.20. The van der Waals surface area contributed by atoms with Gasteiger partial charge in [-0.3, -0.25) is 0 Å². The molecule has 27 heavy (non-hydrogen) atoms. The largest absolute Gasteiger partial charge is 0.512 e. The van der Waals surface area contributed by atoms with Gasteiger partial charge in [-0.15, -0.1) is 0 Å². The van der Waals surface area contributed by atoms with Crippen LogP contribution >= 0.6 is 11.6 Å². The summed E-state index contributed by atoms with van der Waals surface area (Å²) in [6.45, 7) is 2.08. The van der Waals surface area contributed by atoms with Crippen molar-refractivity contribution in [2.45, 2.75) is 44.4 Å². The SMILES string of the molecule is Cc1ccc(C2=NN3[C@H](C2)c2cc(Cl)ccc2O[C@]32C=C(O)CCC2)cc1. The summed E-state index contributed by atoms with van der Waals surface area (Å²) in [5, 5.41) is 17.9. The van der Waals surface area contributed by atoms with E-state index < -0.39 is 5.72 Å². The minimum atomic E-state index is -0.736. The minimum Gasteiger partial charge on any atom is -0.512 e. The van der Waals surface area contributed by atoms with Crippen LogP contribution in [-0.4, -0.2) is 21.6 Å². The van der Waals surface area contributed by atoms with Crippen molar-refractivity contribution >= 4 is 17.3 Å². The number of aliphatic hydroxyl groups excluding tert-OH is 1. The number of hydrogen-bond donors (Lipinski definition) is 1. The average molecular weight is 381 g/mol. The molecule has 2 aromatic carbocycles. The molecule has 1 aliphatic carbocycles. The monoisotopic (exact) mass is 380 g/mol. The number of hydrazone groups is 1. The molecule has 2 atom stereocenters. The Morgan fingerprint density at radius 2 is 2.04 bits per heavy atom. The molecule has 5 rings (SSSR count).